The van der Waals surface area contributed by atoms with E-state index in [2.05, 4.69) is 39.9 Å². The van der Waals surface area contributed by atoms with E-state index in [0.717, 1.165) is 55.3 Å². The molecule has 1 N–H and O–H groups in total. The first kappa shape index (κ1) is 25.8. The molecule has 10 atom stereocenters. The average Bonchev–Trinajstić information content (AvgIpc) is 3.28. The summed E-state index contributed by atoms with van der Waals surface area (Å²) in [6.07, 6.45) is 13.7. The topological polar surface area (TPSA) is 47.6 Å². The second-order valence-corrected chi connectivity index (χ2v) is 14.4. The number of carbonyl (C=O) groups excluding carboxylic acids is 1. The van der Waals surface area contributed by atoms with Crippen LogP contribution in [0, 0.1) is 46.3 Å². The molecule has 0 aromatic rings. The van der Waals surface area contributed by atoms with Crippen molar-refractivity contribution in [1.29, 1.82) is 0 Å². The molecule has 4 saturated carbocycles. The van der Waals surface area contributed by atoms with Crippen molar-refractivity contribution in [2.75, 3.05) is 0 Å². The number of fused-ring (bicyclic) bond motifs is 4. The highest BCUT2D eigenvalue weighted by Crippen LogP contribution is 2.70. The van der Waals surface area contributed by atoms with Crippen LogP contribution in [0.25, 0.3) is 0 Å². The van der Waals surface area contributed by atoms with Gasteiger partial charge >= 0.3 is 5.97 Å². The zero-order valence-electron chi connectivity index (χ0n) is 23.0. The lowest BCUT2D eigenvalue weighted by Gasteiger charge is -2.65. The van der Waals surface area contributed by atoms with Gasteiger partial charge in [-0.15, -0.1) is 0 Å². The fourth-order valence-corrected chi connectivity index (χ4v) is 10.7. The molecule has 1 aliphatic heterocycles. The molecule has 1 spiro atoms. The first-order valence-electron chi connectivity index (χ1n) is 14.7. The largest absolute Gasteiger partial charge is 0.465 e. The lowest BCUT2D eigenvalue weighted by atomic mass is 9.41. The molecule has 198 valence electrons. The highest BCUT2D eigenvalue weighted by molar-refractivity contribution is 7.80. The van der Waals surface area contributed by atoms with E-state index in [4.69, 9.17) is 21.7 Å². The quantitative estimate of drug-likeness (QED) is 0.311. The smallest absolute Gasteiger partial charge is 0.302 e. The van der Waals surface area contributed by atoms with Crippen LogP contribution >= 0.6 is 12.2 Å². The van der Waals surface area contributed by atoms with Crippen LogP contribution < -0.4 is 5.32 Å². The Morgan fingerprint density at radius 2 is 1.89 bits per heavy atom. The molecule has 0 aromatic carbocycles. The van der Waals surface area contributed by atoms with Crippen molar-refractivity contribution in [3.05, 3.63) is 0 Å². The summed E-state index contributed by atoms with van der Waals surface area (Å²) in [4.78, 5) is 11.8. The van der Waals surface area contributed by atoms with E-state index in [1.807, 2.05) is 0 Å². The molecule has 0 radical (unpaired) electrons. The van der Waals surface area contributed by atoms with Crippen molar-refractivity contribution >= 4 is 23.4 Å². The van der Waals surface area contributed by atoms with E-state index in [1.54, 1.807) is 0 Å². The Morgan fingerprint density at radius 1 is 1.11 bits per heavy atom. The lowest BCUT2D eigenvalue weighted by Crippen LogP contribution is -2.71. The van der Waals surface area contributed by atoms with Gasteiger partial charge in [-0.1, -0.05) is 53.9 Å². The maximum Gasteiger partial charge on any atom is 0.302 e. The number of ether oxygens (including phenoxy) is 2. The van der Waals surface area contributed by atoms with Gasteiger partial charge in [0.05, 0.1) is 5.54 Å². The van der Waals surface area contributed by atoms with Crippen LogP contribution in [-0.2, 0) is 14.3 Å². The Balaban J connectivity index is 1.38. The highest BCUT2D eigenvalue weighted by Gasteiger charge is 2.71. The van der Waals surface area contributed by atoms with Gasteiger partial charge in [-0.3, -0.25) is 4.79 Å². The van der Waals surface area contributed by atoms with Gasteiger partial charge in [0.1, 0.15) is 12.2 Å². The zero-order chi connectivity index (χ0) is 25.2. The molecule has 5 rings (SSSR count). The number of hydrogen-bond donors (Lipinski definition) is 1. The summed E-state index contributed by atoms with van der Waals surface area (Å²) in [6.45, 7) is 14.0. The second kappa shape index (κ2) is 9.17. The predicted octanol–water partition coefficient (Wildman–Crippen LogP) is 7.05. The molecule has 1 heterocycles. The van der Waals surface area contributed by atoms with Crippen LogP contribution in [0.2, 0.25) is 0 Å². The SMILES string of the molecule is CC(=O)OC1CC[C@]2(C)[C@H]3CC[C@]4(C)[C@@H]([C@H](C)CCCC(C)C)CC[C@H]4[C@@H]3C[C@H]3OC(=S)N[C@@]32C1. The molecule has 5 fully saturated rings. The fraction of sp³-hybridized carbons (Fsp3) is 0.933. The Labute approximate surface area is 219 Å². The van der Waals surface area contributed by atoms with E-state index in [9.17, 15) is 4.79 Å². The number of hydrogen-bond acceptors (Lipinski definition) is 4. The molecule has 35 heavy (non-hydrogen) atoms. The van der Waals surface area contributed by atoms with Gasteiger partial charge in [-0.2, -0.15) is 0 Å². The minimum atomic E-state index is -0.195. The fourth-order valence-electron chi connectivity index (χ4n) is 10.4. The zero-order valence-corrected chi connectivity index (χ0v) is 23.8. The summed E-state index contributed by atoms with van der Waals surface area (Å²) in [5.41, 5.74) is 0.399. The van der Waals surface area contributed by atoms with Crippen molar-refractivity contribution < 1.29 is 14.3 Å². The van der Waals surface area contributed by atoms with Crippen molar-refractivity contribution in [2.24, 2.45) is 46.3 Å². The van der Waals surface area contributed by atoms with Gasteiger partial charge in [0.25, 0.3) is 5.17 Å². The molecule has 5 aliphatic rings. The number of rotatable bonds is 6. The molecule has 4 nitrogen and oxygen atoms in total. The predicted molar refractivity (Wildman–Crippen MR) is 144 cm³/mol. The number of carbonyl (C=O) groups is 1. The van der Waals surface area contributed by atoms with Crippen LogP contribution in [0.15, 0.2) is 0 Å². The minimum absolute atomic E-state index is 0.0342. The van der Waals surface area contributed by atoms with Crippen LogP contribution in [0.1, 0.15) is 112 Å². The van der Waals surface area contributed by atoms with Crippen LogP contribution in [-0.4, -0.2) is 28.9 Å². The van der Waals surface area contributed by atoms with Gasteiger partial charge in [0.15, 0.2) is 0 Å². The Hall–Kier alpha value is -0.840. The number of thiocarbonyl (C=S) groups is 1. The molecule has 5 heteroatoms. The molecular formula is C30H49NO3S. The van der Waals surface area contributed by atoms with Gasteiger partial charge in [0.2, 0.25) is 0 Å². The maximum absolute atomic E-state index is 11.8. The van der Waals surface area contributed by atoms with Gasteiger partial charge < -0.3 is 14.8 Å². The monoisotopic (exact) mass is 503 g/mol. The van der Waals surface area contributed by atoms with Crippen LogP contribution in [0.4, 0.5) is 0 Å². The third kappa shape index (κ3) is 4.05. The average molecular weight is 504 g/mol. The lowest BCUT2D eigenvalue weighted by molar-refractivity contribution is -0.182. The van der Waals surface area contributed by atoms with Crippen molar-refractivity contribution in [3.63, 3.8) is 0 Å². The first-order chi connectivity index (χ1) is 16.5. The van der Waals surface area contributed by atoms with Crippen molar-refractivity contribution in [2.45, 2.75) is 130 Å². The minimum Gasteiger partial charge on any atom is -0.465 e. The molecular weight excluding hydrogens is 454 g/mol. The van der Waals surface area contributed by atoms with Gasteiger partial charge in [0, 0.05) is 13.3 Å². The summed E-state index contributed by atoms with van der Waals surface area (Å²) in [7, 11) is 0. The third-order valence-electron chi connectivity index (χ3n) is 12.0. The van der Waals surface area contributed by atoms with E-state index >= 15 is 0 Å². The molecule has 1 unspecified atom stereocenters. The molecule has 0 bridgehead atoms. The molecule has 0 aromatic heterocycles. The second-order valence-electron chi connectivity index (χ2n) is 14.0. The summed E-state index contributed by atoms with van der Waals surface area (Å²) in [6, 6.07) is 0. The summed E-state index contributed by atoms with van der Waals surface area (Å²) < 4.78 is 12.2. The maximum atomic E-state index is 11.8. The van der Waals surface area contributed by atoms with E-state index < -0.39 is 0 Å². The molecule has 1 saturated heterocycles. The van der Waals surface area contributed by atoms with E-state index in [0.29, 0.717) is 16.5 Å². The third-order valence-corrected chi connectivity index (χ3v) is 12.2. The standard InChI is InChI=1S/C30H49NO3S/c1-18(2)8-7-9-19(3)23-10-11-24-22-16-26-30(31-27(35)34-26)17-21(33-20(4)32)12-15-29(30,6)25(22)13-14-28(23,24)5/h18-19,21-26H,7-17H2,1-6H3,(H,31,35)/t19-,21?,22+,23-,24+,25+,26-,28-,29-,30+/m1/s1. The van der Waals surface area contributed by atoms with Crippen molar-refractivity contribution in [3.8, 4) is 0 Å². The summed E-state index contributed by atoms with van der Waals surface area (Å²) in [5.74, 6) is 4.56. The summed E-state index contributed by atoms with van der Waals surface area (Å²) in [5, 5.41) is 4.26. The Morgan fingerprint density at radius 3 is 2.60 bits per heavy atom. The van der Waals surface area contributed by atoms with Crippen molar-refractivity contribution in [1.82, 2.24) is 5.32 Å². The van der Waals surface area contributed by atoms with Gasteiger partial charge in [-0.05, 0) is 104 Å². The van der Waals surface area contributed by atoms with E-state index in [1.165, 1.54) is 51.9 Å². The summed E-state index contributed by atoms with van der Waals surface area (Å²) >= 11 is 5.62. The molecule has 4 aliphatic carbocycles. The van der Waals surface area contributed by atoms with Crippen LogP contribution in [0.3, 0.4) is 0 Å². The van der Waals surface area contributed by atoms with E-state index in [-0.39, 0.29) is 29.1 Å². The Kier molecular flexibility index (Phi) is 6.76. The normalized spacial score (nSPS) is 47.1. The first-order valence-corrected chi connectivity index (χ1v) is 15.1. The van der Waals surface area contributed by atoms with Gasteiger partial charge in [-0.25, -0.2) is 0 Å². The Bertz CT molecular complexity index is 845. The number of esters is 1. The highest BCUT2D eigenvalue weighted by atomic mass is 32.1. The van der Waals surface area contributed by atoms with Crippen LogP contribution in [0.5, 0.6) is 0 Å². The number of nitrogens with one attached hydrogen (secondary N) is 1. The molecule has 0 amide bonds.